The van der Waals surface area contributed by atoms with Crippen LogP contribution in [0, 0.1) is 0 Å². The fraction of sp³-hybridized carbons (Fsp3) is 0.381. The largest absolute Gasteiger partial charge is 0.381 e. The maximum absolute atomic E-state index is 13.0. The maximum atomic E-state index is 13.0. The molecule has 1 atom stereocenters. The number of amides is 1. The molecule has 0 bridgehead atoms. The summed E-state index contributed by atoms with van der Waals surface area (Å²) in [5.74, 6) is 0.315. The van der Waals surface area contributed by atoms with E-state index in [-0.39, 0.29) is 6.04 Å². The number of thioether (sulfide) groups is 1. The van der Waals surface area contributed by atoms with Crippen molar-refractivity contribution in [1.29, 1.82) is 0 Å². The Bertz CT molecular complexity index is 764. The van der Waals surface area contributed by atoms with E-state index in [9.17, 15) is 13.6 Å². The number of halogens is 2. The molecule has 1 aliphatic heterocycles. The van der Waals surface area contributed by atoms with Crippen LogP contribution in [0.4, 0.5) is 14.5 Å². The van der Waals surface area contributed by atoms with Gasteiger partial charge in [0.1, 0.15) is 0 Å². The summed E-state index contributed by atoms with van der Waals surface area (Å²) < 4.78 is 26.1. The summed E-state index contributed by atoms with van der Waals surface area (Å²) in [6.45, 7) is 7.44. The predicted molar refractivity (Wildman–Crippen MR) is 113 cm³/mol. The number of carbonyl (C=O) groups is 1. The van der Waals surface area contributed by atoms with Crippen molar-refractivity contribution in [3.8, 4) is 0 Å². The van der Waals surface area contributed by atoms with Gasteiger partial charge < -0.3 is 5.32 Å². The molecule has 1 heterocycles. The van der Waals surface area contributed by atoms with Gasteiger partial charge in [-0.1, -0.05) is 30.9 Å². The van der Waals surface area contributed by atoms with Crippen molar-refractivity contribution in [1.82, 2.24) is 10.0 Å². The second-order valence-corrected chi connectivity index (χ2v) is 7.67. The summed E-state index contributed by atoms with van der Waals surface area (Å²) in [4.78, 5) is 13.9. The molecule has 0 aromatic heterocycles. The van der Waals surface area contributed by atoms with E-state index in [0.29, 0.717) is 17.8 Å². The fourth-order valence-corrected chi connectivity index (χ4v) is 3.92. The minimum absolute atomic E-state index is 0.00851. The van der Waals surface area contributed by atoms with Gasteiger partial charge in [-0.3, -0.25) is 9.80 Å². The molecule has 7 heteroatoms. The van der Waals surface area contributed by atoms with Crippen molar-refractivity contribution in [2.75, 3.05) is 31.2 Å². The SMILES string of the molecule is C=C/C=C\C(=C/C)CSc1ccc2c(c1)C(=O)N(CC(F)F)N(C)C[C@@H](C)N2. The van der Waals surface area contributed by atoms with Gasteiger partial charge in [-0.2, -0.15) is 0 Å². The van der Waals surface area contributed by atoms with Crippen LogP contribution in [0.25, 0.3) is 0 Å². The van der Waals surface area contributed by atoms with Gasteiger partial charge in [0.2, 0.25) is 0 Å². The first kappa shape index (κ1) is 22.2. The quantitative estimate of drug-likeness (QED) is 0.518. The second-order valence-electron chi connectivity index (χ2n) is 6.62. The Kier molecular flexibility index (Phi) is 8.26. The van der Waals surface area contributed by atoms with Crippen molar-refractivity contribution in [3.63, 3.8) is 0 Å². The van der Waals surface area contributed by atoms with E-state index in [2.05, 4.69) is 11.9 Å². The number of rotatable bonds is 7. The third kappa shape index (κ3) is 5.94. The molecule has 0 unspecified atom stereocenters. The number of likely N-dealkylation sites (N-methyl/N-ethyl adjacent to an activating group) is 1. The predicted octanol–water partition coefficient (Wildman–Crippen LogP) is 4.84. The Labute approximate surface area is 169 Å². The summed E-state index contributed by atoms with van der Waals surface area (Å²) in [5.41, 5.74) is 2.22. The minimum atomic E-state index is -2.59. The van der Waals surface area contributed by atoms with Crippen LogP contribution < -0.4 is 5.32 Å². The lowest BCUT2D eigenvalue weighted by Crippen LogP contribution is -2.51. The Balaban J connectivity index is 2.29. The minimum Gasteiger partial charge on any atom is -0.381 e. The van der Waals surface area contributed by atoms with E-state index in [1.54, 1.807) is 36.0 Å². The van der Waals surface area contributed by atoms with Gasteiger partial charge in [0.15, 0.2) is 0 Å². The zero-order chi connectivity index (χ0) is 20.7. The average molecular weight is 408 g/mol. The van der Waals surface area contributed by atoms with Gasteiger partial charge in [0.05, 0.1) is 12.1 Å². The first-order chi connectivity index (χ1) is 13.3. The molecule has 0 spiro atoms. The number of anilines is 1. The number of hydrogen-bond donors (Lipinski definition) is 1. The van der Waals surface area contributed by atoms with E-state index < -0.39 is 18.9 Å². The molecular formula is C21H27F2N3OS. The average Bonchev–Trinajstić information content (AvgIpc) is 2.65. The molecule has 1 N–H and O–H groups in total. The highest BCUT2D eigenvalue weighted by Crippen LogP contribution is 2.29. The van der Waals surface area contributed by atoms with Crippen molar-refractivity contribution in [2.45, 2.75) is 31.2 Å². The van der Waals surface area contributed by atoms with E-state index in [4.69, 9.17) is 0 Å². The normalized spacial score (nSPS) is 18.8. The Hall–Kier alpha value is -2.12. The van der Waals surface area contributed by atoms with Gasteiger partial charge in [0.25, 0.3) is 12.3 Å². The summed E-state index contributed by atoms with van der Waals surface area (Å²) >= 11 is 1.59. The number of hydrogen-bond acceptors (Lipinski definition) is 4. The highest BCUT2D eigenvalue weighted by Gasteiger charge is 2.29. The standard InChI is InChI=1S/C21H27F2N3OS/c1-5-7-8-16(6-2)14-28-17-9-10-19-18(11-17)21(27)26(13-20(22)23)25(4)12-15(3)24-19/h5-11,15,20,24H,1,12-14H2,2-4H3/b8-7-,16-6+/t15-/m1/s1. The third-order valence-electron chi connectivity index (χ3n) is 4.34. The smallest absolute Gasteiger partial charge is 0.270 e. The van der Waals surface area contributed by atoms with Crippen LogP contribution in [0.3, 0.4) is 0 Å². The van der Waals surface area contributed by atoms with E-state index in [1.165, 1.54) is 0 Å². The van der Waals surface area contributed by atoms with Crippen LogP contribution in [-0.4, -0.2) is 54.3 Å². The highest BCUT2D eigenvalue weighted by molar-refractivity contribution is 7.99. The van der Waals surface area contributed by atoms with Crippen LogP contribution in [0.1, 0.15) is 24.2 Å². The van der Waals surface area contributed by atoms with Gasteiger partial charge in [-0.05, 0) is 37.6 Å². The number of benzene rings is 1. The third-order valence-corrected chi connectivity index (χ3v) is 5.41. The lowest BCUT2D eigenvalue weighted by molar-refractivity contribution is -0.0278. The second kappa shape index (κ2) is 10.4. The Morgan fingerprint density at radius 1 is 1.46 bits per heavy atom. The maximum Gasteiger partial charge on any atom is 0.270 e. The van der Waals surface area contributed by atoms with Gasteiger partial charge in [-0.15, -0.1) is 11.8 Å². The number of alkyl halides is 2. The van der Waals surface area contributed by atoms with Crippen LogP contribution in [0.15, 0.2) is 59.6 Å². The van der Waals surface area contributed by atoms with Crippen LogP contribution in [0.2, 0.25) is 0 Å². The number of carbonyl (C=O) groups excluding carboxylic acids is 1. The molecule has 152 valence electrons. The molecule has 0 aliphatic carbocycles. The van der Waals surface area contributed by atoms with Gasteiger partial charge in [-0.25, -0.2) is 13.8 Å². The molecule has 1 aromatic rings. The zero-order valence-corrected chi connectivity index (χ0v) is 17.3. The number of nitrogens with zero attached hydrogens (tertiary/aromatic N) is 2. The lowest BCUT2D eigenvalue weighted by Gasteiger charge is -2.36. The van der Waals surface area contributed by atoms with Gasteiger partial charge >= 0.3 is 0 Å². The molecular weight excluding hydrogens is 380 g/mol. The van der Waals surface area contributed by atoms with Crippen LogP contribution in [0.5, 0.6) is 0 Å². The van der Waals surface area contributed by atoms with Crippen LogP contribution in [-0.2, 0) is 0 Å². The first-order valence-corrected chi connectivity index (χ1v) is 10.1. The Morgan fingerprint density at radius 2 is 2.21 bits per heavy atom. The van der Waals surface area contributed by atoms with Gasteiger partial charge in [0, 0.05) is 36.0 Å². The molecule has 0 saturated heterocycles. The van der Waals surface area contributed by atoms with Crippen molar-refractivity contribution >= 4 is 23.4 Å². The summed E-state index contributed by atoms with van der Waals surface area (Å²) in [6, 6.07) is 5.59. The number of nitrogens with one attached hydrogen (secondary N) is 1. The van der Waals surface area contributed by atoms with Crippen molar-refractivity contribution in [3.05, 3.63) is 60.2 Å². The van der Waals surface area contributed by atoms with E-state index in [0.717, 1.165) is 21.2 Å². The molecule has 0 fully saturated rings. The fourth-order valence-electron chi connectivity index (χ4n) is 2.96. The monoisotopic (exact) mass is 407 g/mol. The number of allylic oxidation sites excluding steroid dienone is 4. The molecule has 1 amide bonds. The first-order valence-electron chi connectivity index (χ1n) is 9.14. The van der Waals surface area contributed by atoms with Crippen molar-refractivity contribution in [2.24, 2.45) is 0 Å². The summed E-state index contributed by atoms with van der Waals surface area (Å²) in [5, 5.41) is 6.01. The lowest BCUT2D eigenvalue weighted by atomic mass is 10.1. The number of fused-ring (bicyclic) bond motifs is 1. The molecule has 1 aliphatic rings. The highest BCUT2D eigenvalue weighted by atomic mass is 32.2. The van der Waals surface area contributed by atoms with Crippen LogP contribution >= 0.6 is 11.8 Å². The van der Waals surface area contributed by atoms with Crippen molar-refractivity contribution < 1.29 is 13.6 Å². The summed E-state index contributed by atoms with van der Waals surface area (Å²) in [7, 11) is 1.66. The molecule has 28 heavy (non-hydrogen) atoms. The zero-order valence-electron chi connectivity index (χ0n) is 16.5. The topological polar surface area (TPSA) is 35.6 Å². The Morgan fingerprint density at radius 3 is 2.86 bits per heavy atom. The molecule has 1 aromatic carbocycles. The van der Waals surface area contributed by atoms with E-state index >= 15 is 0 Å². The molecule has 4 nitrogen and oxygen atoms in total. The molecule has 0 radical (unpaired) electrons. The van der Waals surface area contributed by atoms with E-state index in [1.807, 2.05) is 44.2 Å². The molecule has 2 rings (SSSR count). The number of hydrazine groups is 1. The summed E-state index contributed by atoms with van der Waals surface area (Å²) in [6.07, 6.45) is 5.02. The molecule has 0 saturated carbocycles.